The van der Waals surface area contributed by atoms with Crippen molar-refractivity contribution in [1.29, 1.82) is 0 Å². The molecule has 0 unspecified atom stereocenters. The molecule has 1 aliphatic heterocycles. The highest BCUT2D eigenvalue weighted by Gasteiger charge is 2.25. The largest absolute Gasteiger partial charge is 0.478 e. The van der Waals surface area contributed by atoms with Gasteiger partial charge in [-0.25, -0.2) is 9.97 Å². The van der Waals surface area contributed by atoms with E-state index in [2.05, 4.69) is 55.4 Å². The number of piperidine rings is 1. The number of benzene rings is 1. The van der Waals surface area contributed by atoms with Crippen LogP contribution in [0, 0.1) is 0 Å². The molecule has 0 saturated carbocycles. The van der Waals surface area contributed by atoms with Crippen LogP contribution >= 0.6 is 0 Å². The second-order valence-corrected chi connectivity index (χ2v) is 6.63. The van der Waals surface area contributed by atoms with Crippen molar-refractivity contribution in [2.75, 3.05) is 25.1 Å². The van der Waals surface area contributed by atoms with Crippen molar-refractivity contribution < 1.29 is 4.74 Å². The fourth-order valence-corrected chi connectivity index (χ4v) is 3.56. The lowest BCUT2D eigenvalue weighted by atomic mass is 9.93. The molecule has 0 amide bonds. The molecular weight excluding hydrogens is 326 g/mol. The standard InChI is InChI=1S/C20H23N5O/c1-26-20-19(21-9-10-22-20)25-11-7-16(8-12-25)18-14-17(23-24-18)13-15-5-3-2-4-6-15/h2-6,9-10,14,16H,7-8,11-13H2,1H3,(H,23,24). The molecule has 1 aromatic carbocycles. The van der Waals surface area contributed by atoms with Gasteiger partial charge < -0.3 is 9.64 Å². The highest BCUT2D eigenvalue weighted by Crippen LogP contribution is 2.31. The number of anilines is 1. The molecule has 3 aromatic rings. The summed E-state index contributed by atoms with van der Waals surface area (Å²) >= 11 is 0. The van der Waals surface area contributed by atoms with Gasteiger partial charge in [0.15, 0.2) is 5.82 Å². The van der Waals surface area contributed by atoms with E-state index < -0.39 is 0 Å². The summed E-state index contributed by atoms with van der Waals surface area (Å²) in [6, 6.07) is 12.7. The average Bonchev–Trinajstić information content (AvgIpc) is 3.17. The van der Waals surface area contributed by atoms with E-state index in [0.29, 0.717) is 11.8 Å². The van der Waals surface area contributed by atoms with Crippen molar-refractivity contribution in [2.45, 2.75) is 25.2 Å². The van der Waals surface area contributed by atoms with E-state index in [9.17, 15) is 0 Å². The zero-order valence-electron chi connectivity index (χ0n) is 14.9. The van der Waals surface area contributed by atoms with Crippen LogP contribution in [-0.4, -0.2) is 40.4 Å². The molecular formula is C20H23N5O. The van der Waals surface area contributed by atoms with Gasteiger partial charge in [-0.3, -0.25) is 5.10 Å². The van der Waals surface area contributed by atoms with Gasteiger partial charge in [-0.1, -0.05) is 30.3 Å². The Labute approximate surface area is 153 Å². The molecule has 3 heterocycles. The number of methoxy groups -OCH3 is 1. The van der Waals surface area contributed by atoms with Crippen LogP contribution in [0.25, 0.3) is 0 Å². The molecule has 1 saturated heterocycles. The van der Waals surface area contributed by atoms with Crippen LogP contribution in [0.1, 0.15) is 35.7 Å². The summed E-state index contributed by atoms with van der Waals surface area (Å²) in [6.07, 6.45) is 6.37. The summed E-state index contributed by atoms with van der Waals surface area (Å²) in [7, 11) is 1.64. The molecule has 26 heavy (non-hydrogen) atoms. The lowest BCUT2D eigenvalue weighted by Crippen LogP contribution is -2.34. The van der Waals surface area contributed by atoms with Gasteiger partial charge in [-0.05, 0) is 24.5 Å². The van der Waals surface area contributed by atoms with Gasteiger partial charge in [-0.2, -0.15) is 5.10 Å². The van der Waals surface area contributed by atoms with Gasteiger partial charge in [0.05, 0.1) is 12.8 Å². The summed E-state index contributed by atoms with van der Waals surface area (Å²) in [5.41, 5.74) is 3.64. The summed E-state index contributed by atoms with van der Waals surface area (Å²) in [6.45, 7) is 1.86. The zero-order valence-corrected chi connectivity index (χ0v) is 14.9. The molecule has 1 N–H and O–H groups in total. The third kappa shape index (κ3) is 3.54. The summed E-state index contributed by atoms with van der Waals surface area (Å²) < 4.78 is 5.34. The Balaban J connectivity index is 1.39. The molecule has 6 nitrogen and oxygen atoms in total. The first-order valence-corrected chi connectivity index (χ1v) is 9.01. The number of nitrogens with one attached hydrogen (secondary N) is 1. The minimum Gasteiger partial charge on any atom is -0.478 e. The van der Waals surface area contributed by atoms with Crippen molar-refractivity contribution in [2.24, 2.45) is 0 Å². The minimum atomic E-state index is 0.481. The summed E-state index contributed by atoms with van der Waals surface area (Å²) in [5, 5.41) is 7.78. The molecule has 0 aliphatic carbocycles. The molecule has 6 heteroatoms. The zero-order chi connectivity index (χ0) is 17.8. The Morgan fingerprint density at radius 1 is 1.12 bits per heavy atom. The number of H-pyrrole nitrogens is 1. The van der Waals surface area contributed by atoms with Crippen molar-refractivity contribution in [3.05, 3.63) is 65.7 Å². The topological polar surface area (TPSA) is 66.9 Å². The molecule has 0 radical (unpaired) electrons. The van der Waals surface area contributed by atoms with Gasteiger partial charge in [0.1, 0.15) is 0 Å². The predicted molar refractivity (Wildman–Crippen MR) is 101 cm³/mol. The van der Waals surface area contributed by atoms with Crippen LogP contribution in [0.5, 0.6) is 5.88 Å². The molecule has 0 spiro atoms. The van der Waals surface area contributed by atoms with Gasteiger partial charge in [0, 0.05) is 43.5 Å². The van der Waals surface area contributed by atoms with E-state index >= 15 is 0 Å². The normalized spacial score (nSPS) is 15.2. The van der Waals surface area contributed by atoms with Crippen molar-refractivity contribution in [3.63, 3.8) is 0 Å². The van der Waals surface area contributed by atoms with Crippen LogP contribution in [0.4, 0.5) is 5.82 Å². The molecule has 2 aromatic heterocycles. The first-order chi connectivity index (χ1) is 12.8. The van der Waals surface area contributed by atoms with Crippen LogP contribution in [0.3, 0.4) is 0 Å². The SMILES string of the molecule is COc1nccnc1N1CCC(c2cc(Cc3ccccc3)[nH]n2)CC1. The fraction of sp³-hybridized carbons (Fsp3) is 0.350. The van der Waals surface area contributed by atoms with E-state index in [1.54, 1.807) is 19.5 Å². The van der Waals surface area contributed by atoms with E-state index in [-0.39, 0.29) is 0 Å². The van der Waals surface area contributed by atoms with Crippen molar-refractivity contribution >= 4 is 5.82 Å². The smallest absolute Gasteiger partial charge is 0.257 e. The quantitative estimate of drug-likeness (QED) is 0.766. The monoisotopic (exact) mass is 349 g/mol. The lowest BCUT2D eigenvalue weighted by molar-refractivity contribution is 0.391. The van der Waals surface area contributed by atoms with Gasteiger partial charge >= 0.3 is 0 Å². The number of nitrogens with zero attached hydrogens (tertiary/aromatic N) is 4. The van der Waals surface area contributed by atoms with E-state index in [4.69, 9.17) is 4.74 Å². The minimum absolute atomic E-state index is 0.481. The maximum absolute atomic E-state index is 5.34. The van der Waals surface area contributed by atoms with Gasteiger partial charge in [-0.15, -0.1) is 0 Å². The third-order valence-corrected chi connectivity index (χ3v) is 4.94. The molecule has 4 rings (SSSR count). The van der Waals surface area contributed by atoms with E-state index in [0.717, 1.165) is 38.2 Å². The molecule has 0 bridgehead atoms. The van der Waals surface area contributed by atoms with Gasteiger partial charge in [0.2, 0.25) is 0 Å². The summed E-state index contributed by atoms with van der Waals surface area (Å²) in [4.78, 5) is 10.9. The molecule has 1 fully saturated rings. The van der Waals surface area contributed by atoms with Crippen molar-refractivity contribution in [1.82, 2.24) is 20.2 Å². The second kappa shape index (κ2) is 7.56. The average molecular weight is 349 g/mol. The van der Waals surface area contributed by atoms with E-state index in [1.165, 1.54) is 17.0 Å². The first kappa shape index (κ1) is 16.6. The Morgan fingerprint density at radius 2 is 1.88 bits per heavy atom. The Hall–Kier alpha value is -2.89. The van der Waals surface area contributed by atoms with Gasteiger partial charge in [0.25, 0.3) is 5.88 Å². The second-order valence-electron chi connectivity index (χ2n) is 6.63. The predicted octanol–water partition coefficient (Wildman–Crippen LogP) is 3.18. The molecule has 134 valence electrons. The molecule has 1 aliphatic rings. The highest BCUT2D eigenvalue weighted by molar-refractivity contribution is 5.48. The first-order valence-electron chi connectivity index (χ1n) is 9.01. The number of rotatable bonds is 5. The third-order valence-electron chi connectivity index (χ3n) is 4.94. The lowest BCUT2D eigenvalue weighted by Gasteiger charge is -2.32. The number of aromatic amines is 1. The molecule has 0 atom stereocenters. The fourth-order valence-electron chi connectivity index (χ4n) is 3.56. The maximum Gasteiger partial charge on any atom is 0.257 e. The Morgan fingerprint density at radius 3 is 2.65 bits per heavy atom. The number of hydrogen-bond acceptors (Lipinski definition) is 5. The number of ether oxygens (including phenoxy) is 1. The van der Waals surface area contributed by atoms with Crippen LogP contribution in [0.2, 0.25) is 0 Å². The number of aromatic nitrogens is 4. The maximum atomic E-state index is 5.34. The van der Waals surface area contributed by atoms with Crippen LogP contribution in [-0.2, 0) is 6.42 Å². The van der Waals surface area contributed by atoms with Crippen molar-refractivity contribution in [3.8, 4) is 5.88 Å². The van der Waals surface area contributed by atoms with Crippen LogP contribution in [0.15, 0.2) is 48.8 Å². The highest BCUT2D eigenvalue weighted by atomic mass is 16.5. The number of hydrogen-bond donors (Lipinski definition) is 1. The summed E-state index contributed by atoms with van der Waals surface area (Å²) in [5.74, 6) is 1.91. The van der Waals surface area contributed by atoms with E-state index in [1.807, 2.05) is 6.07 Å². The Kier molecular flexibility index (Phi) is 4.82. The Bertz CT molecular complexity index is 840. The van der Waals surface area contributed by atoms with Crippen LogP contribution < -0.4 is 9.64 Å².